The molecule has 0 saturated carbocycles. The summed E-state index contributed by atoms with van der Waals surface area (Å²) >= 11 is 0. The molecule has 0 saturated heterocycles. The molecule has 1 aromatic rings. The van der Waals surface area contributed by atoms with E-state index in [0.29, 0.717) is 18.9 Å². The van der Waals surface area contributed by atoms with Gasteiger partial charge in [0.15, 0.2) is 0 Å². The molecule has 2 rings (SSSR count). The molecule has 1 N–H and O–H groups in total. The van der Waals surface area contributed by atoms with Crippen molar-refractivity contribution in [2.45, 2.75) is 13.0 Å². The Labute approximate surface area is 99.7 Å². The molecule has 1 aliphatic heterocycles. The predicted molar refractivity (Wildman–Crippen MR) is 62.5 cm³/mol. The van der Waals surface area contributed by atoms with Crippen molar-refractivity contribution >= 4 is 11.7 Å². The Bertz CT molecular complexity index is 419. The number of methoxy groups -OCH3 is 1. The van der Waals surface area contributed by atoms with E-state index >= 15 is 0 Å². The summed E-state index contributed by atoms with van der Waals surface area (Å²) in [5.74, 6) is 1.03. The predicted octanol–water partition coefficient (Wildman–Crippen LogP) is 1.43. The van der Waals surface area contributed by atoms with Gasteiger partial charge in [0.25, 0.3) is 0 Å². The highest BCUT2D eigenvalue weighted by Gasteiger charge is 2.27. The number of fused-ring (bicyclic) bond motifs is 1. The van der Waals surface area contributed by atoms with Gasteiger partial charge in [-0.2, -0.15) is 0 Å². The van der Waals surface area contributed by atoms with E-state index in [1.807, 2.05) is 6.07 Å². The topological polar surface area (TPSA) is 56.8 Å². The van der Waals surface area contributed by atoms with Gasteiger partial charge >= 0.3 is 5.97 Å². The SMILES string of the molecule is CCOC(=O)[C@H]1CNc2cc(OC)ccc2O1. The molecule has 0 amide bonds. The number of nitrogens with one attached hydrogen (secondary N) is 1. The van der Waals surface area contributed by atoms with Crippen molar-refractivity contribution in [1.82, 2.24) is 0 Å². The Hall–Kier alpha value is -1.91. The third-order valence-electron chi connectivity index (χ3n) is 2.48. The van der Waals surface area contributed by atoms with Gasteiger partial charge < -0.3 is 19.5 Å². The van der Waals surface area contributed by atoms with Crippen LogP contribution in [0.15, 0.2) is 18.2 Å². The average Bonchev–Trinajstić information content (AvgIpc) is 2.37. The quantitative estimate of drug-likeness (QED) is 0.806. The molecule has 5 nitrogen and oxygen atoms in total. The van der Waals surface area contributed by atoms with Crippen LogP contribution in [-0.2, 0) is 9.53 Å². The number of ether oxygens (including phenoxy) is 3. The number of hydrogen-bond donors (Lipinski definition) is 1. The van der Waals surface area contributed by atoms with Crippen LogP contribution in [0, 0.1) is 0 Å². The third-order valence-corrected chi connectivity index (χ3v) is 2.48. The maximum Gasteiger partial charge on any atom is 0.349 e. The molecule has 0 radical (unpaired) electrons. The van der Waals surface area contributed by atoms with Gasteiger partial charge in [0.2, 0.25) is 6.10 Å². The highest BCUT2D eigenvalue weighted by Crippen LogP contribution is 2.32. The standard InChI is InChI=1S/C12H15NO4/c1-3-16-12(14)11-7-13-9-6-8(15-2)4-5-10(9)17-11/h4-6,11,13H,3,7H2,1-2H3/t11-/m1/s1. The molecule has 0 fully saturated rings. The highest BCUT2D eigenvalue weighted by molar-refractivity contribution is 5.78. The van der Waals surface area contributed by atoms with Crippen molar-refractivity contribution < 1.29 is 19.0 Å². The van der Waals surface area contributed by atoms with Gasteiger partial charge in [-0.25, -0.2) is 4.79 Å². The Balaban J connectivity index is 2.11. The summed E-state index contributed by atoms with van der Waals surface area (Å²) in [5.41, 5.74) is 0.824. The highest BCUT2D eigenvalue weighted by atomic mass is 16.6. The number of anilines is 1. The molecule has 1 atom stereocenters. The molecule has 0 aromatic heterocycles. The number of rotatable bonds is 3. The molecular weight excluding hydrogens is 222 g/mol. The van der Waals surface area contributed by atoms with Crippen LogP contribution in [0.1, 0.15) is 6.92 Å². The lowest BCUT2D eigenvalue weighted by atomic mass is 10.2. The molecule has 5 heteroatoms. The van der Waals surface area contributed by atoms with Crippen LogP contribution in [0.3, 0.4) is 0 Å². The molecule has 1 aromatic carbocycles. The van der Waals surface area contributed by atoms with E-state index in [1.54, 1.807) is 26.2 Å². The van der Waals surface area contributed by atoms with Gasteiger partial charge in [0.05, 0.1) is 25.9 Å². The normalized spacial score (nSPS) is 17.4. The van der Waals surface area contributed by atoms with E-state index in [4.69, 9.17) is 14.2 Å². The van der Waals surface area contributed by atoms with Gasteiger partial charge in [-0.05, 0) is 19.1 Å². The number of carbonyl (C=O) groups excluding carboxylic acids is 1. The fraction of sp³-hybridized carbons (Fsp3) is 0.417. The van der Waals surface area contributed by atoms with Gasteiger partial charge in [-0.15, -0.1) is 0 Å². The third kappa shape index (κ3) is 2.43. The first kappa shape index (κ1) is 11.6. The van der Waals surface area contributed by atoms with Gasteiger partial charge in [-0.1, -0.05) is 0 Å². The van der Waals surface area contributed by atoms with E-state index < -0.39 is 6.10 Å². The van der Waals surface area contributed by atoms with Crippen LogP contribution in [-0.4, -0.2) is 32.3 Å². The molecular formula is C12H15NO4. The molecule has 92 valence electrons. The van der Waals surface area contributed by atoms with Gasteiger partial charge in [0, 0.05) is 6.07 Å². The maximum atomic E-state index is 11.5. The van der Waals surface area contributed by atoms with Crippen LogP contribution in [0.5, 0.6) is 11.5 Å². The van der Waals surface area contributed by atoms with Crippen molar-refractivity contribution in [3.63, 3.8) is 0 Å². The van der Waals surface area contributed by atoms with E-state index in [0.717, 1.165) is 11.4 Å². The van der Waals surface area contributed by atoms with Crippen LogP contribution < -0.4 is 14.8 Å². The zero-order valence-corrected chi connectivity index (χ0v) is 9.86. The summed E-state index contributed by atoms with van der Waals surface area (Å²) in [4.78, 5) is 11.5. The fourth-order valence-electron chi connectivity index (χ4n) is 1.64. The molecule has 0 aliphatic carbocycles. The Morgan fingerprint density at radius 1 is 1.59 bits per heavy atom. The number of carbonyl (C=O) groups is 1. The maximum absolute atomic E-state index is 11.5. The summed E-state index contributed by atoms with van der Waals surface area (Å²) in [6, 6.07) is 5.39. The largest absolute Gasteiger partial charge is 0.497 e. The van der Waals surface area contributed by atoms with E-state index in [1.165, 1.54) is 0 Å². The van der Waals surface area contributed by atoms with Crippen LogP contribution in [0.4, 0.5) is 5.69 Å². The lowest BCUT2D eigenvalue weighted by molar-refractivity contribution is -0.150. The minimum atomic E-state index is -0.587. The fourth-order valence-corrected chi connectivity index (χ4v) is 1.64. The Kier molecular flexibility index (Phi) is 3.37. The monoisotopic (exact) mass is 237 g/mol. The minimum Gasteiger partial charge on any atom is -0.497 e. The Morgan fingerprint density at radius 3 is 3.12 bits per heavy atom. The first-order valence-electron chi connectivity index (χ1n) is 5.49. The summed E-state index contributed by atoms with van der Waals surface area (Å²) in [5, 5.41) is 3.12. The van der Waals surface area contributed by atoms with Gasteiger partial charge in [0.1, 0.15) is 11.5 Å². The lowest BCUT2D eigenvalue weighted by Gasteiger charge is -2.26. The molecule has 0 spiro atoms. The second-order valence-electron chi connectivity index (χ2n) is 3.60. The van der Waals surface area contributed by atoms with E-state index in [-0.39, 0.29) is 5.97 Å². The van der Waals surface area contributed by atoms with Crippen LogP contribution in [0.2, 0.25) is 0 Å². The number of benzene rings is 1. The molecule has 1 aliphatic rings. The first-order chi connectivity index (χ1) is 8.24. The first-order valence-corrected chi connectivity index (χ1v) is 5.49. The second-order valence-corrected chi connectivity index (χ2v) is 3.60. The summed E-state index contributed by atoms with van der Waals surface area (Å²) in [6.07, 6.45) is -0.587. The summed E-state index contributed by atoms with van der Waals surface area (Å²) < 4.78 is 15.6. The molecule has 0 unspecified atom stereocenters. The summed E-state index contributed by atoms with van der Waals surface area (Å²) in [6.45, 7) is 2.53. The molecule has 17 heavy (non-hydrogen) atoms. The Morgan fingerprint density at radius 2 is 2.41 bits per heavy atom. The number of esters is 1. The van der Waals surface area contributed by atoms with Crippen LogP contribution >= 0.6 is 0 Å². The van der Waals surface area contributed by atoms with Crippen molar-refractivity contribution in [3.05, 3.63) is 18.2 Å². The average molecular weight is 237 g/mol. The van der Waals surface area contributed by atoms with Crippen molar-refractivity contribution in [3.8, 4) is 11.5 Å². The number of hydrogen-bond acceptors (Lipinski definition) is 5. The zero-order valence-electron chi connectivity index (χ0n) is 9.86. The molecule has 0 bridgehead atoms. The lowest BCUT2D eigenvalue weighted by Crippen LogP contribution is -2.38. The van der Waals surface area contributed by atoms with E-state index in [9.17, 15) is 4.79 Å². The molecule has 1 heterocycles. The van der Waals surface area contributed by atoms with Gasteiger partial charge in [-0.3, -0.25) is 0 Å². The van der Waals surface area contributed by atoms with Crippen molar-refractivity contribution in [2.24, 2.45) is 0 Å². The summed E-state index contributed by atoms with van der Waals surface area (Å²) in [7, 11) is 1.60. The zero-order chi connectivity index (χ0) is 12.3. The second kappa shape index (κ2) is 4.95. The van der Waals surface area contributed by atoms with E-state index in [2.05, 4.69) is 5.32 Å². The smallest absolute Gasteiger partial charge is 0.349 e. The minimum absolute atomic E-state index is 0.346. The van der Waals surface area contributed by atoms with Crippen molar-refractivity contribution in [1.29, 1.82) is 0 Å². The van der Waals surface area contributed by atoms with Crippen molar-refractivity contribution in [2.75, 3.05) is 25.6 Å². The van der Waals surface area contributed by atoms with Crippen LogP contribution in [0.25, 0.3) is 0 Å².